The predicted octanol–water partition coefficient (Wildman–Crippen LogP) is 5.68. The van der Waals surface area contributed by atoms with Gasteiger partial charge in [0.15, 0.2) is 16.3 Å². The summed E-state index contributed by atoms with van der Waals surface area (Å²) < 4.78 is 11.5. The highest BCUT2D eigenvalue weighted by Crippen LogP contribution is 2.25. The number of amides is 1. The molecule has 7 nitrogen and oxygen atoms in total. The lowest BCUT2D eigenvalue weighted by molar-refractivity contribution is -0.115. The number of carbonyl (C=O) groups is 1. The molecular weight excluding hydrogens is 448 g/mol. The van der Waals surface area contributed by atoms with Crippen molar-refractivity contribution in [1.29, 1.82) is 0 Å². The Bertz CT molecular complexity index is 1470. The van der Waals surface area contributed by atoms with Crippen LogP contribution in [0.4, 0.5) is 5.69 Å². The van der Waals surface area contributed by atoms with Crippen molar-refractivity contribution in [2.75, 3.05) is 5.32 Å². The van der Waals surface area contributed by atoms with E-state index in [1.54, 1.807) is 24.4 Å². The minimum atomic E-state index is -0.378. The Kier molecular flexibility index (Phi) is 5.96. The van der Waals surface area contributed by atoms with E-state index >= 15 is 0 Å². The maximum atomic E-state index is 12.3. The maximum Gasteiger partial charge on any atom is 0.250 e. The second-order valence-corrected chi connectivity index (χ2v) is 7.68. The van der Waals surface area contributed by atoms with Gasteiger partial charge in [-0.2, -0.15) is 4.98 Å². The largest absolute Gasteiger partial charge is 0.457 e. The highest BCUT2D eigenvalue weighted by Gasteiger charge is 2.10. The van der Waals surface area contributed by atoms with Gasteiger partial charge >= 0.3 is 0 Å². The molecule has 0 atom stereocenters. The minimum Gasteiger partial charge on any atom is -0.457 e. The number of pyridine rings is 1. The first kappa shape index (κ1) is 21.3. The summed E-state index contributed by atoms with van der Waals surface area (Å²) in [5.41, 5.74) is 3.55. The Morgan fingerprint density at radius 2 is 1.76 bits per heavy atom. The lowest BCUT2D eigenvalue weighted by atomic mass is 10.2. The quantitative estimate of drug-likeness (QED) is 0.254. The number of rotatable bonds is 5. The highest BCUT2D eigenvalue weighted by atomic mass is 32.1. The number of carbonyl (C=O) groups excluding carboxylic acids is 1. The molecule has 1 amide bonds. The number of anilines is 1. The van der Waals surface area contributed by atoms with Crippen molar-refractivity contribution >= 4 is 46.2 Å². The van der Waals surface area contributed by atoms with Crippen molar-refractivity contribution in [2.45, 2.75) is 0 Å². The van der Waals surface area contributed by atoms with Crippen molar-refractivity contribution in [3.8, 4) is 22.8 Å². The van der Waals surface area contributed by atoms with Gasteiger partial charge in [-0.3, -0.25) is 10.1 Å². The number of nitrogens with zero attached hydrogens (tertiary/aromatic N) is 2. The van der Waals surface area contributed by atoms with E-state index in [0.717, 1.165) is 16.9 Å². The zero-order valence-electron chi connectivity index (χ0n) is 17.8. The summed E-state index contributed by atoms with van der Waals surface area (Å²) in [5.74, 6) is 1.36. The van der Waals surface area contributed by atoms with Gasteiger partial charge in [0, 0.05) is 29.1 Å². The first-order chi connectivity index (χ1) is 16.6. The third kappa shape index (κ3) is 4.92. The fourth-order valence-electron chi connectivity index (χ4n) is 3.30. The van der Waals surface area contributed by atoms with Gasteiger partial charge in [-0.25, -0.2) is 4.98 Å². The number of aromatic nitrogens is 2. The smallest absolute Gasteiger partial charge is 0.250 e. The van der Waals surface area contributed by atoms with Crippen LogP contribution >= 0.6 is 12.2 Å². The summed E-state index contributed by atoms with van der Waals surface area (Å²) in [5, 5.41) is 5.78. The van der Waals surface area contributed by atoms with Gasteiger partial charge in [0.1, 0.15) is 11.5 Å². The Morgan fingerprint density at radius 1 is 0.912 bits per heavy atom. The van der Waals surface area contributed by atoms with Gasteiger partial charge < -0.3 is 14.2 Å². The zero-order valence-corrected chi connectivity index (χ0v) is 18.6. The van der Waals surface area contributed by atoms with Crippen molar-refractivity contribution in [3.05, 3.63) is 96.9 Å². The molecule has 0 saturated carbocycles. The van der Waals surface area contributed by atoms with E-state index < -0.39 is 0 Å². The number of hydrogen-bond acceptors (Lipinski definition) is 6. The van der Waals surface area contributed by atoms with Crippen molar-refractivity contribution in [3.63, 3.8) is 0 Å². The van der Waals surface area contributed by atoms with Gasteiger partial charge in [0.05, 0.1) is 0 Å². The number of oxazole rings is 1. The molecule has 0 aliphatic heterocycles. The third-order valence-electron chi connectivity index (χ3n) is 4.85. The molecular formula is C26H18N4O3S. The van der Waals surface area contributed by atoms with Gasteiger partial charge in [0.2, 0.25) is 11.8 Å². The molecule has 0 bridgehead atoms. The molecule has 2 aromatic carbocycles. The highest BCUT2D eigenvalue weighted by molar-refractivity contribution is 7.80. The normalized spacial score (nSPS) is 11.1. The molecule has 8 heteroatoms. The number of thiocarbonyl (C=S) groups is 1. The lowest BCUT2D eigenvalue weighted by Gasteiger charge is -2.08. The van der Waals surface area contributed by atoms with E-state index in [0.29, 0.717) is 28.6 Å². The summed E-state index contributed by atoms with van der Waals surface area (Å²) >= 11 is 5.27. The van der Waals surface area contributed by atoms with Crippen LogP contribution < -0.4 is 10.6 Å². The molecule has 2 N–H and O–H groups in total. The fourth-order valence-corrected chi connectivity index (χ4v) is 3.51. The molecule has 166 valence electrons. The maximum absolute atomic E-state index is 12.3. The summed E-state index contributed by atoms with van der Waals surface area (Å²) in [4.78, 5) is 20.9. The van der Waals surface area contributed by atoms with Crippen LogP contribution in [0.15, 0.2) is 100.0 Å². The zero-order chi connectivity index (χ0) is 23.3. The lowest BCUT2D eigenvalue weighted by Crippen LogP contribution is -2.32. The Morgan fingerprint density at radius 3 is 2.62 bits per heavy atom. The van der Waals surface area contributed by atoms with Crippen molar-refractivity contribution in [1.82, 2.24) is 15.3 Å². The van der Waals surface area contributed by atoms with Gasteiger partial charge in [0.25, 0.3) is 0 Å². The molecule has 0 unspecified atom stereocenters. The standard InChI is InChI=1S/C26H18N4O3S/c31-23(14-12-20-11-13-21(32-20)17-6-2-1-3-7-17)29-26(34)28-19-9-4-8-18(16-19)25-30-24-22(33-25)10-5-15-27-24/h1-16H,(H2,28,29,31,34)/b14-12+. The first-order valence-electron chi connectivity index (χ1n) is 10.4. The Hall–Kier alpha value is -4.56. The summed E-state index contributed by atoms with van der Waals surface area (Å²) in [6.45, 7) is 0. The SMILES string of the molecule is O=C(/C=C/c1ccc(-c2ccccc2)o1)NC(=S)Nc1cccc(-c2nc3ncccc3o2)c1. The van der Waals surface area contributed by atoms with E-state index in [-0.39, 0.29) is 11.0 Å². The van der Waals surface area contributed by atoms with Crippen LogP contribution in [0.3, 0.4) is 0 Å². The predicted molar refractivity (Wildman–Crippen MR) is 135 cm³/mol. The summed E-state index contributed by atoms with van der Waals surface area (Å²) in [7, 11) is 0. The summed E-state index contributed by atoms with van der Waals surface area (Å²) in [6, 6.07) is 24.4. The third-order valence-corrected chi connectivity index (χ3v) is 5.06. The van der Waals surface area contributed by atoms with E-state index in [4.69, 9.17) is 21.1 Å². The second-order valence-electron chi connectivity index (χ2n) is 7.27. The number of hydrogen-bond donors (Lipinski definition) is 2. The van der Waals surface area contributed by atoms with Gasteiger partial charge in [-0.1, -0.05) is 36.4 Å². The molecule has 0 saturated heterocycles. The molecule has 0 aliphatic carbocycles. The van der Waals surface area contributed by atoms with Crippen molar-refractivity contribution in [2.24, 2.45) is 0 Å². The topological polar surface area (TPSA) is 93.2 Å². The molecule has 0 fully saturated rings. The molecule has 0 radical (unpaired) electrons. The average molecular weight is 467 g/mol. The van der Waals surface area contributed by atoms with Crippen LogP contribution in [0, 0.1) is 0 Å². The molecule has 0 aliphatic rings. The summed E-state index contributed by atoms with van der Waals surface area (Å²) in [6.07, 6.45) is 4.62. The van der Waals surface area contributed by atoms with Crippen LogP contribution in [0.1, 0.15) is 5.76 Å². The van der Waals surface area contributed by atoms with Crippen LogP contribution in [0.5, 0.6) is 0 Å². The van der Waals surface area contributed by atoms with Crippen LogP contribution in [-0.4, -0.2) is 21.0 Å². The van der Waals surface area contributed by atoms with Crippen molar-refractivity contribution < 1.29 is 13.6 Å². The Labute approximate surface area is 200 Å². The monoisotopic (exact) mass is 466 g/mol. The Balaban J connectivity index is 1.20. The average Bonchev–Trinajstić information content (AvgIpc) is 3.51. The van der Waals surface area contributed by atoms with Crippen LogP contribution in [0.25, 0.3) is 40.1 Å². The number of furan rings is 1. The first-order valence-corrected chi connectivity index (χ1v) is 10.8. The number of benzene rings is 2. The minimum absolute atomic E-state index is 0.162. The fraction of sp³-hybridized carbons (Fsp3) is 0. The molecule has 5 rings (SSSR count). The molecule has 34 heavy (non-hydrogen) atoms. The van der Waals surface area contributed by atoms with E-state index in [9.17, 15) is 4.79 Å². The van der Waals surface area contributed by atoms with Crippen LogP contribution in [-0.2, 0) is 4.79 Å². The van der Waals surface area contributed by atoms with Crippen LogP contribution in [0.2, 0.25) is 0 Å². The number of fused-ring (bicyclic) bond motifs is 1. The van der Waals surface area contributed by atoms with E-state index in [1.165, 1.54) is 6.08 Å². The molecule has 3 heterocycles. The van der Waals surface area contributed by atoms with Gasteiger partial charge in [-0.15, -0.1) is 0 Å². The number of nitrogens with one attached hydrogen (secondary N) is 2. The van der Waals surface area contributed by atoms with Gasteiger partial charge in [-0.05, 0) is 60.8 Å². The van der Waals surface area contributed by atoms with E-state index in [1.807, 2.05) is 66.7 Å². The molecule has 5 aromatic rings. The molecule has 0 spiro atoms. The second kappa shape index (κ2) is 9.51. The van der Waals surface area contributed by atoms with E-state index in [2.05, 4.69) is 20.6 Å². The molecule has 3 aromatic heterocycles.